The van der Waals surface area contributed by atoms with Crippen LogP contribution in [0.2, 0.25) is 0 Å². The fraction of sp³-hybridized carbons (Fsp3) is 1.00. The fourth-order valence-corrected chi connectivity index (χ4v) is 1.61. The summed E-state index contributed by atoms with van der Waals surface area (Å²) in [5.41, 5.74) is 0. The second-order valence-corrected chi connectivity index (χ2v) is 2.89. The van der Waals surface area contributed by atoms with E-state index in [-0.39, 0.29) is 0 Å². The highest BCUT2D eigenvalue weighted by Crippen LogP contribution is 2.46. The van der Waals surface area contributed by atoms with E-state index in [4.69, 9.17) is 13.6 Å². The molecule has 0 unspecified atom stereocenters. The maximum absolute atomic E-state index is 5.02. The Hall–Kier alpha value is 0.270. The molecule has 3 aliphatic heterocycles. The monoisotopic (exact) mass is 135 g/mol. The van der Waals surface area contributed by atoms with Crippen LogP contribution in [0.1, 0.15) is 0 Å². The van der Waals surface area contributed by atoms with Crippen molar-refractivity contribution in [2.24, 2.45) is 0 Å². The predicted octanol–water partition coefficient (Wildman–Crippen LogP) is 0.465. The molecule has 46 valence electrons. The first-order chi connectivity index (χ1) is 3.95. The molecule has 0 N–H and O–H groups in total. The molecule has 3 fully saturated rings. The molecular formula is C3H6NO3P. The Morgan fingerprint density at radius 3 is 1.62 bits per heavy atom. The molecule has 5 heteroatoms. The summed E-state index contributed by atoms with van der Waals surface area (Å²) in [6.45, 7) is 2.02. The minimum Gasteiger partial charge on any atom is -0.296 e. The topological polar surface area (TPSA) is 30.9 Å². The van der Waals surface area contributed by atoms with Gasteiger partial charge in [0.1, 0.15) is 20.2 Å². The molecule has 0 aliphatic carbocycles. The van der Waals surface area contributed by atoms with Gasteiger partial charge in [0.05, 0.1) is 0 Å². The molecule has 0 radical (unpaired) electrons. The third kappa shape index (κ3) is 0.747. The molecule has 3 saturated heterocycles. The number of fused-ring (bicyclic) bond motifs is 3. The Labute approximate surface area is 48.3 Å². The summed E-state index contributed by atoms with van der Waals surface area (Å²) in [5.74, 6) is 0. The van der Waals surface area contributed by atoms with Gasteiger partial charge >= 0.3 is 8.60 Å². The highest BCUT2D eigenvalue weighted by Gasteiger charge is 2.28. The van der Waals surface area contributed by atoms with E-state index in [1.54, 1.807) is 0 Å². The van der Waals surface area contributed by atoms with E-state index in [1.165, 1.54) is 0 Å². The molecule has 0 atom stereocenters. The standard InChI is InChI=1S/C3H6NO3P/c1-4-2-6-8(5-1)7-3-4/h1-3H2. The molecule has 0 aromatic carbocycles. The number of rotatable bonds is 0. The van der Waals surface area contributed by atoms with Crippen LogP contribution in [0, 0.1) is 0 Å². The van der Waals surface area contributed by atoms with Crippen molar-refractivity contribution in [2.75, 3.05) is 20.2 Å². The van der Waals surface area contributed by atoms with Crippen LogP contribution in [0.4, 0.5) is 0 Å². The summed E-state index contributed by atoms with van der Waals surface area (Å²) in [6, 6.07) is 0. The lowest BCUT2D eigenvalue weighted by molar-refractivity contribution is -0.103. The zero-order valence-electron chi connectivity index (χ0n) is 4.24. The number of hydrogen-bond acceptors (Lipinski definition) is 4. The quantitative estimate of drug-likeness (QED) is 0.451. The van der Waals surface area contributed by atoms with Gasteiger partial charge in [-0.25, -0.2) is 4.90 Å². The third-order valence-corrected chi connectivity index (χ3v) is 2.02. The summed E-state index contributed by atoms with van der Waals surface area (Å²) in [6.07, 6.45) is 0. The van der Waals surface area contributed by atoms with Crippen molar-refractivity contribution >= 4 is 8.60 Å². The van der Waals surface area contributed by atoms with Crippen LogP contribution in [-0.2, 0) is 13.6 Å². The average Bonchev–Trinajstić information content (AvgIpc) is 1.92. The minimum absolute atomic E-state index is 0.672. The Balaban J connectivity index is 2.03. The van der Waals surface area contributed by atoms with E-state index in [2.05, 4.69) is 0 Å². The first-order valence-corrected chi connectivity index (χ1v) is 3.46. The zero-order valence-corrected chi connectivity index (χ0v) is 5.13. The zero-order chi connectivity index (χ0) is 5.40. The maximum Gasteiger partial charge on any atom is 0.336 e. The summed E-state index contributed by atoms with van der Waals surface area (Å²) >= 11 is 0. The van der Waals surface area contributed by atoms with Crippen molar-refractivity contribution in [3.63, 3.8) is 0 Å². The van der Waals surface area contributed by atoms with Gasteiger partial charge in [-0.15, -0.1) is 0 Å². The molecule has 2 bridgehead atoms. The predicted molar refractivity (Wildman–Crippen MR) is 26.6 cm³/mol. The minimum atomic E-state index is -0.945. The van der Waals surface area contributed by atoms with Crippen molar-refractivity contribution in [3.05, 3.63) is 0 Å². The summed E-state index contributed by atoms with van der Waals surface area (Å²) < 4.78 is 15.1. The molecule has 8 heavy (non-hydrogen) atoms. The van der Waals surface area contributed by atoms with Crippen molar-refractivity contribution < 1.29 is 13.6 Å². The maximum atomic E-state index is 5.02. The molecule has 0 spiro atoms. The molecule has 3 heterocycles. The lowest BCUT2D eigenvalue weighted by Gasteiger charge is -2.36. The van der Waals surface area contributed by atoms with Crippen molar-refractivity contribution in [2.45, 2.75) is 0 Å². The van der Waals surface area contributed by atoms with E-state index in [9.17, 15) is 0 Å². The van der Waals surface area contributed by atoms with E-state index in [0.717, 1.165) is 0 Å². The molecule has 0 amide bonds. The Morgan fingerprint density at radius 2 is 1.50 bits per heavy atom. The largest absolute Gasteiger partial charge is 0.336 e. The lowest BCUT2D eigenvalue weighted by atomic mass is 10.9. The van der Waals surface area contributed by atoms with Gasteiger partial charge < -0.3 is 0 Å². The van der Waals surface area contributed by atoms with Gasteiger partial charge in [-0.2, -0.15) is 0 Å². The third-order valence-electron chi connectivity index (χ3n) is 1.04. The normalized spacial score (nSPS) is 45.0. The molecule has 0 aromatic heterocycles. The van der Waals surface area contributed by atoms with E-state index >= 15 is 0 Å². The molecule has 3 aliphatic rings. The van der Waals surface area contributed by atoms with Crippen LogP contribution in [-0.4, -0.2) is 25.1 Å². The van der Waals surface area contributed by atoms with Crippen molar-refractivity contribution in [1.82, 2.24) is 4.90 Å². The molecule has 3 rings (SSSR count). The van der Waals surface area contributed by atoms with Crippen molar-refractivity contribution in [1.29, 1.82) is 0 Å². The summed E-state index contributed by atoms with van der Waals surface area (Å²) in [5, 5.41) is 0. The van der Waals surface area contributed by atoms with Gasteiger partial charge in [0.25, 0.3) is 0 Å². The second kappa shape index (κ2) is 1.90. The van der Waals surface area contributed by atoms with E-state index in [0.29, 0.717) is 20.2 Å². The SMILES string of the molecule is C1OP2OCN1CO2. The molecule has 0 aromatic rings. The van der Waals surface area contributed by atoms with Crippen LogP contribution >= 0.6 is 8.60 Å². The summed E-state index contributed by atoms with van der Waals surface area (Å²) in [4.78, 5) is 1.93. The van der Waals surface area contributed by atoms with Crippen LogP contribution in [0.25, 0.3) is 0 Å². The highest BCUT2D eigenvalue weighted by atomic mass is 31.2. The van der Waals surface area contributed by atoms with E-state index in [1.807, 2.05) is 4.90 Å². The van der Waals surface area contributed by atoms with Gasteiger partial charge in [-0.3, -0.25) is 13.6 Å². The second-order valence-electron chi connectivity index (χ2n) is 1.67. The van der Waals surface area contributed by atoms with Crippen LogP contribution in [0.3, 0.4) is 0 Å². The lowest BCUT2D eigenvalue weighted by Crippen LogP contribution is -2.38. The van der Waals surface area contributed by atoms with Gasteiger partial charge in [0, 0.05) is 0 Å². The molecule has 0 saturated carbocycles. The highest BCUT2D eigenvalue weighted by molar-refractivity contribution is 7.41. The number of nitrogens with zero attached hydrogens (tertiary/aromatic N) is 1. The molecule has 4 nitrogen and oxygen atoms in total. The van der Waals surface area contributed by atoms with Crippen LogP contribution < -0.4 is 0 Å². The average molecular weight is 135 g/mol. The first kappa shape index (κ1) is 5.09. The van der Waals surface area contributed by atoms with Gasteiger partial charge in [-0.05, 0) is 0 Å². The Kier molecular flexibility index (Phi) is 1.21. The Bertz CT molecular complexity index is 69.5. The van der Waals surface area contributed by atoms with E-state index < -0.39 is 8.60 Å². The van der Waals surface area contributed by atoms with Gasteiger partial charge in [-0.1, -0.05) is 0 Å². The fourth-order valence-electron chi connectivity index (χ4n) is 0.610. The number of hydrogen-bond donors (Lipinski definition) is 0. The Morgan fingerprint density at radius 1 is 1.00 bits per heavy atom. The summed E-state index contributed by atoms with van der Waals surface area (Å²) in [7, 11) is -0.945. The smallest absolute Gasteiger partial charge is 0.296 e. The van der Waals surface area contributed by atoms with Crippen molar-refractivity contribution in [3.8, 4) is 0 Å². The van der Waals surface area contributed by atoms with Crippen LogP contribution in [0.5, 0.6) is 0 Å². The first-order valence-electron chi connectivity index (χ1n) is 2.36. The van der Waals surface area contributed by atoms with Gasteiger partial charge in [0.2, 0.25) is 0 Å². The van der Waals surface area contributed by atoms with Gasteiger partial charge in [0.15, 0.2) is 0 Å². The molecular weight excluding hydrogens is 129 g/mol. The van der Waals surface area contributed by atoms with Crippen LogP contribution in [0.15, 0.2) is 0 Å².